The van der Waals surface area contributed by atoms with Crippen LogP contribution in [-0.2, 0) is 12.8 Å². The Bertz CT molecular complexity index is 544. The molecule has 2 aromatic heterocycles. The Balaban J connectivity index is 2.07. The van der Waals surface area contributed by atoms with E-state index in [4.69, 9.17) is 0 Å². The summed E-state index contributed by atoms with van der Waals surface area (Å²) in [5.74, 6) is 0.818. The highest BCUT2D eigenvalue weighted by Crippen LogP contribution is 2.22. The second-order valence-corrected chi connectivity index (χ2v) is 4.16. The van der Waals surface area contributed by atoms with Gasteiger partial charge in [-0.25, -0.2) is 4.98 Å². The van der Waals surface area contributed by atoms with E-state index in [-0.39, 0.29) is 5.56 Å². The first-order valence-corrected chi connectivity index (χ1v) is 5.60. The first kappa shape index (κ1) is 9.39. The van der Waals surface area contributed by atoms with E-state index in [1.165, 1.54) is 24.2 Å². The van der Waals surface area contributed by atoms with Gasteiger partial charge in [0.1, 0.15) is 5.82 Å². The van der Waals surface area contributed by atoms with Crippen LogP contribution in [0.25, 0.3) is 11.4 Å². The third-order valence-electron chi connectivity index (χ3n) is 3.00. The first-order chi connectivity index (χ1) is 7.83. The van der Waals surface area contributed by atoms with E-state index in [0.29, 0.717) is 0 Å². The molecular weight excluding hydrogens is 202 g/mol. The smallest absolute Gasteiger partial charge is 0.248 e. The number of aromatic amines is 2. The minimum absolute atomic E-state index is 0.0909. The van der Waals surface area contributed by atoms with Gasteiger partial charge in [0.15, 0.2) is 0 Å². The van der Waals surface area contributed by atoms with E-state index in [1.54, 1.807) is 12.3 Å². The van der Waals surface area contributed by atoms with E-state index >= 15 is 0 Å². The standard InChI is InChI=1S/C12H13N3O/c16-11-7-8(5-6-13-11)12-14-9-3-1-2-4-10(9)15-12/h5-7H,1-4H2,(H,13,16)(H,14,15). The lowest BCUT2D eigenvalue weighted by Crippen LogP contribution is -2.02. The molecule has 0 saturated heterocycles. The summed E-state index contributed by atoms with van der Waals surface area (Å²) in [5, 5.41) is 0. The third kappa shape index (κ3) is 1.56. The molecule has 0 saturated carbocycles. The number of hydrogen-bond donors (Lipinski definition) is 2. The number of imidazole rings is 1. The fraction of sp³-hybridized carbons (Fsp3) is 0.333. The molecule has 2 aromatic rings. The Kier molecular flexibility index (Phi) is 2.13. The van der Waals surface area contributed by atoms with Crippen LogP contribution in [0.5, 0.6) is 0 Å². The van der Waals surface area contributed by atoms with E-state index in [1.807, 2.05) is 6.07 Å². The van der Waals surface area contributed by atoms with Crippen molar-refractivity contribution in [2.24, 2.45) is 0 Å². The molecule has 0 atom stereocenters. The monoisotopic (exact) mass is 215 g/mol. The van der Waals surface area contributed by atoms with E-state index in [9.17, 15) is 4.79 Å². The normalized spacial score (nSPS) is 14.8. The maximum atomic E-state index is 11.2. The third-order valence-corrected chi connectivity index (χ3v) is 3.00. The molecule has 0 aliphatic heterocycles. The molecule has 0 amide bonds. The highest BCUT2D eigenvalue weighted by molar-refractivity contribution is 5.55. The van der Waals surface area contributed by atoms with Crippen molar-refractivity contribution in [3.05, 3.63) is 40.1 Å². The summed E-state index contributed by atoms with van der Waals surface area (Å²) in [4.78, 5) is 21.7. The van der Waals surface area contributed by atoms with Gasteiger partial charge in [-0.1, -0.05) is 0 Å². The molecular formula is C12H13N3O. The maximum absolute atomic E-state index is 11.2. The number of aromatic nitrogens is 3. The van der Waals surface area contributed by atoms with Gasteiger partial charge in [0.2, 0.25) is 5.56 Å². The van der Waals surface area contributed by atoms with Gasteiger partial charge in [-0.15, -0.1) is 0 Å². The van der Waals surface area contributed by atoms with Crippen molar-refractivity contribution in [3.63, 3.8) is 0 Å². The van der Waals surface area contributed by atoms with Gasteiger partial charge in [-0.05, 0) is 31.7 Å². The van der Waals surface area contributed by atoms with Gasteiger partial charge < -0.3 is 9.97 Å². The van der Waals surface area contributed by atoms with Crippen molar-refractivity contribution in [1.29, 1.82) is 0 Å². The lowest BCUT2D eigenvalue weighted by atomic mass is 10.0. The molecule has 2 heterocycles. The largest absolute Gasteiger partial charge is 0.342 e. The quantitative estimate of drug-likeness (QED) is 0.759. The number of pyridine rings is 1. The van der Waals surface area contributed by atoms with Crippen molar-refractivity contribution in [2.75, 3.05) is 0 Å². The Morgan fingerprint density at radius 3 is 2.94 bits per heavy atom. The predicted molar refractivity (Wildman–Crippen MR) is 61.3 cm³/mol. The number of rotatable bonds is 1. The number of nitrogens with zero attached hydrogens (tertiary/aromatic N) is 1. The fourth-order valence-electron chi connectivity index (χ4n) is 2.18. The van der Waals surface area contributed by atoms with E-state index in [2.05, 4.69) is 15.0 Å². The summed E-state index contributed by atoms with van der Waals surface area (Å²) >= 11 is 0. The Hall–Kier alpha value is -1.84. The Labute approximate surface area is 92.8 Å². The minimum Gasteiger partial charge on any atom is -0.342 e. The van der Waals surface area contributed by atoms with Crippen LogP contribution in [-0.4, -0.2) is 15.0 Å². The van der Waals surface area contributed by atoms with Crippen LogP contribution in [0.15, 0.2) is 23.1 Å². The molecule has 1 aliphatic rings. The molecule has 0 bridgehead atoms. The zero-order chi connectivity index (χ0) is 11.0. The summed E-state index contributed by atoms with van der Waals surface area (Å²) in [7, 11) is 0. The van der Waals surface area contributed by atoms with E-state index < -0.39 is 0 Å². The zero-order valence-electron chi connectivity index (χ0n) is 8.92. The molecule has 82 valence electrons. The maximum Gasteiger partial charge on any atom is 0.248 e. The highest BCUT2D eigenvalue weighted by Gasteiger charge is 2.14. The second-order valence-electron chi connectivity index (χ2n) is 4.16. The number of aryl methyl sites for hydroxylation is 2. The van der Waals surface area contributed by atoms with Gasteiger partial charge in [-0.2, -0.15) is 0 Å². The van der Waals surface area contributed by atoms with E-state index in [0.717, 1.165) is 24.2 Å². The first-order valence-electron chi connectivity index (χ1n) is 5.60. The number of nitrogens with one attached hydrogen (secondary N) is 2. The number of fused-ring (bicyclic) bond motifs is 1. The second kappa shape index (κ2) is 3.63. The summed E-state index contributed by atoms with van der Waals surface area (Å²) < 4.78 is 0. The van der Waals surface area contributed by atoms with Gasteiger partial charge in [-0.3, -0.25) is 4.79 Å². The topological polar surface area (TPSA) is 61.5 Å². The Morgan fingerprint density at radius 2 is 2.12 bits per heavy atom. The summed E-state index contributed by atoms with van der Waals surface area (Å²) in [6.45, 7) is 0. The van der Waals surface area contributed by atoms with Crippen LogP contribution in [0, 0.1) is 0 Å². The van der Waals surface area contributed by atoms with Crippen LogP contribution >= 0.6 is 0 Å². The molecule has 1 aliphatic carbocycles. The van der Waals surface area contributed by atoms with Crippen molar-refractivity contribution in [3.8, 4) is 11.4 Å². The van der Waals surface area contributed by atoms with Crippen LogP contribution in [0.2, 0.25) is 0 Å². The summed E-state index contributed by atoms with van der Waals surface area (Å²) in [6, 6.07) is 3.44. The lowest BCUT2D eigenvalue weighted by Gasteiger charge is -2.07. The van der Waals surface area contributed by atoms with Gasteiger partial charge >= 0.3 is 0 Å². The molecule has 3 rings (SSSR count). The predicted octanol–water partition coefficient (Wildman–Crippen LogP) is 1.64. The minimum atomic E-state index is -0.0909. The van der Waals surface area contributed by atoms with Gasteiger partial charge in [0, 0.05) is 23.5 Å². The molecule has 0 spiro atoms. The molecule has 0 fully saturated rings. The molecule has 0 aromatic carbocycles. The average molecular weight is 215 g/mol. The molecule has 4 nitrogen and oxygen atoms in total. The van der Waals surface area contributed by atoms with Gasteiger partial charge in [0.05, 0.1) is 5.69 Å². The molecule has 16 heavy (non-hydrogen) atoms. The Morgan fingerprint density at radius 1 is 1.25 bits per heavy atom. The molecule has 2 N–H and O–H groups in total. The number of hydrogen-bond acceptors (Lipinski definition) is 2. The highest BCUT2D eigenvalue weighted by atomic mass is 16.1. The SMILES string of the molecule is O=c1cc(-c2nc3c([nH]2)CCCC3)cc[nH]1. The van der Waals surface area contributed by atoms with Crippen LogP contribution in [0.4, 0.5) is 0 Å². The molecule has 0 radical (unpaired) electrons. The number of H-pyrrole nitrogens is 2. The van der Waals surface area contributed by atoms with Crippen molar-refractivity contribution in [1.82, 2.24) is 15.0 Å². The molecule has 0 unspecified atom stereocenters. The van der Waals surface area contributed by atoms with Gasteiger partial charge in [0.25, 0.3) is 0 Å². The van der Waals surface area contributed by atoms with Crippen molar-refractivity contribution < 1.29 is 0 Å². The molecule has 4 heteroatoms. The summed E-state index contributed by atoms with van der Waals surface area (Å²) in [6.07, 6.45) is 6.22. The average Bonchev–Trinajstić information content (AvgIpc) is 2.72. The van der Waals surface area contributed by atoms with Crippen molar-refractivity contribution >= 4 is 0 Å². The van der Waals surface area contributed by atoms with Crippen LogP contribution < -0.4 is 5.56 Å². The lowest BCUT2D eigenvalue weighted by molar-refractivity contribution is 0.667. The van der Waals surface area contributed by atoms with Crippen LogP contribution in [0.1, 0.15) is 24.2 Å². The summed E-state index contributed by atoms with van der Waals surface area (Å²) in [5.41, 5.74) is 3.17. The zero-order valence-corrected chi connectivity index (χ0v) is 8.92. The fourth-order valence-corrected chi connectivity index (χ4v) is 2.18. The van der Waals surface area contributed by atoms with Crippen molar-refractivity contribution in [2.45, 2.75) is 25.7 Å². The van der Waals surface area contributed by atoms with Crippen LogP contribution in [0.3, 0.4) is 0 Å².